The van der Waals surface area contributed by atoms with Gasteiger partial charge in [0.15, 0.2) is 0 Å². The van der Waals surface area contributed by atoms with Crippen molar-refractivity contribution in [3.05, 3.63) is 62.1 Å². The molecule has 0 radical (unpaired) electrons. The van der Waals surface area contributed by atoms with Gasteiger partial charge in [-0.05, 0) is 35.0 Å². The van der Waals surface area contributed by atoms with E-state index < -0.39 is 14.9 Å². The minimum Gasteiger partial charge on any atom is -0.277 e. The first-order valence-corrected chi connectivity index (χ1v) is 8.50. The van der Waals surface area contributed by atoms with Crippen molar-refractivity contribution in [2.75, 3.05) is 4.72 Å². The van der Waals surface area contributed by atoms with Crippen LogP contribution in [0.25, 0.3) is 0 Å². The Morgan fingerprint density at radius 2 is 1.87 bits per heavy atom. The third kappa shape index (κ3) is 3.67. The zero-order chi connectivity index (χ0) is 17.2. The van der Waals surface area contributed by atoms with Crippen molar-refractivity contribution in [1.82, 2.24) is 0 Å². The van der Waals surface area contributed by atoms with Gasteiger partial charge < -0.3 is 0 Å². The van der Waals surface area contributed by atoms with Gasteiger partial charge in [-0.2, -0.15) is 5.26 Å². The minimum atomic E-state index is -3.92. The SMILES string of the molecule is Cc1ccc(S(=O)(=O)Nc2c(Br)cc([N+](=O)[O-])cc2C#N)cc1. The van der Waals surface area contributed by atoms with Crippen molar-refractivity contribution in [2.45, 2.75) is 11.8 Å². The van der Waals surface area contributed by atoms with Crippen molar-refractivity contribution in [3.63, 3.8) is 0 Å². The molecule has 0 aliphatic heterocycles. The lowest BCUT2D eigenvalue weighted by Crippen LogP contribution is -2.14. The number of benzene rings is 2. The van der Waals surface area contributed by atoms with Crippen LogP contribution in [0, 0.1) is 28.4 Å². The molecule has 2 rings (SSSR count). The maximum Gasteiger partial charge on any atom is 0.272 e. The van der Waals surface area contributed by atoms with Crippen LogP contribution in [0.15, 0.2) is 45.8 Å². The van der Waals surface area contributed by atoms with Gasteiger partial charge in [-0.25, -0.2) is 8.42 Å². The Morgan fingerprint density at radius 3 is 2.39 bits per heavy atom. The summed E-state index contributed by atoms with van der Waals surface area (Å²) in [6.07, 6.45) is 0. The van der Waals surface area contributed by atoms with Gasteiger partial charge in [0.1, 0.15) is 6.07 Å². The molecule has 0 amide bonds. The highest BCUT2D eigenvalue weighted by molar-refractivity contribution is 9.10. The smallest absolute Gasteiger partial charge is 0.272 e. The van der Waals surface area contributed by atoms with E-state index in [1.807, 2.05) is 6.92 Å². The Morgan fingerprint density at radius 1 is 1.26 bits per heavy atom. The fourth-order valence-electron chi connectivity index (χ4n) is 1.80. The van der Waals surface area contributed by atoms with Crippen molar-refractivity contribution in [2.24, 2.45) is 0 Å². The second-order valence-electron chi connectivity index (χ2n) is 4.64. The molecule has 0 aromatic heterocycles. The average molecular weight is 396 g/mol. The Bertz CT molecular complexity index is 918. The first-order chi connectivity index (χ1) is 10.7. The number of nitro benzene ring substituents is 1. The highest BCUT2D eigenvalue weighted by Crippen LogP contribution is 2.32. The number of non-ortho nitro benzene ring substituents is 1. The molecule has 0 aliphatic rings. The summed E-state index contributed by atoms with van der Waals surface area (Å²) in [7, 11) is -3.92. The molecule has 0 bridgehead atoms. The van der Waals surface area contributed by atoms with Gasteiger partial charge in [0, 0.05) is 16.6 Å². The number of nitro groups is 1. The number of nitriles is 1. The molecule has 0 aliphatic carbocycles. The quantitative estimate of drug-likeness (QED) is 0.629. The molecular formula is C14H10BrN3O4S. The Kier molecular flexibility index (Phi) is 4.68. The van der Waals surface area contributed by atoms with E-state index in [0.29, 0.717) is 0 Å². The second kappa shape index (κ2) is 6.36. The minimum absolute atomic E-state index is 0.0252. The van der Waals surface area contributed by atoms with Crippen molar-refractivity contribution in [3.8, 4) is 6.07 Å². The Labute approximate surface area is 140 Å². The third-order valence-corrected chi connectivity index (χ3v) is 4.97. The molecule has 0 atom stereocenters. The van der Waals surface area contributed by atoms with Crippen LogP contribution in [0.3, 0.4) is 0 Å². The number of nitrogens with zero attached hydrogens (tertiary/aromatic N) is 2. The topological polar surface area (TPSA) is 113 Å². The fourth-order valence-corrected chi connectivity index (χ4v) is 3.58. The average Bonchev–Trinajstić information content (AvgIpc) is 2.49. The summed E-state index contributed by atoms with van der Waals surface area (Å²) in [4.78, 5) is 10.2. The molecule has 0 spiro atoms. The van der Waals surface area contributed by atoms with E-state index in [4.69, 9.17) is 5.26 Å². The molecule has 9 heteroatoms. The molecule has 2 aromatic carbocycles. The number of anilines is 1. The summed E-state index contributed by atoms with van der Waals surface area (Å²) in [6, 6.07) is 10.1. The number of aryl methyl sites for hydroxylation is 1. The summed E-state index contributed by atoms with van der Waals surface area (Å²) in [6.45, 7) is 1.82. The van der Waals surface area contributed by atoms with E-state index in [-0.39, 0.29) is 26.3 Å². The van der Waals surface area contributed by atoms with Gasteiger partial charge >= 0.3 is 0 Å². The van der Waals surface area contributed by atoms with Crippen LogP contribution in [0.4, 0.5) is 11.4 Å². The van der Waals surface area contributed by atoms with Crippen LogP contribution in [-0.2, 0) is 10.0 Å². The van der Waals surface area contributed by atoms with Gasteiger partial charge in [0.2, 0.25) is 0 Å². The largest absolute Gasteiger partial charge is 0.277 e. The monoisotopic (exact) mass is 395 g/mol. The van der Waals surface area contributed by atoms with Crippen LogP contribution in [0.2, 0.25) is 0 Å². The summed E-state index contributed by atoms with van der Waals surface area (Å²) in [5.74, 6) is 0. The lowest BCUT2D eigenvalue weighted by molar-refractivity contribution is -0.384. The molecule has 0 unspecified atom stereocenters. The molecule has 0 saturated heterocycles. The lowest BCUT2D eigenvalue weighted by Gasteiger charge is -2.11. The number of sulfonamides is 1. The van der Waals surface area contributed by atoms with Crippen LogP contribution >= 0.6 is 15.9 Å². The number of rotatable bonds is 4. The van der Waals surface area contributed by atoms with E-state index in [1.54, 1.807) is 18.2 Å². The van der Waals surface area contributed by atoms with Crippen molar-refractivity contribution in [1.29, 1.82) is 5.26 Å². The standard InChI is InChI=1S/C14H10BrN3O4S/c1-9-2-4-12(5-3-9)23(21,22)17-14-10(8-16)6-11(18(19)20)7-13(14)15/h2-7,17H,1H3. The highest BCUT2D eigenvalue weighted by Gasteiger charge is 2.21. The van der Waals surface area contributed by atoms with Gasteiger partial charge in [-0.15, -0.1) is 0 Å². The van der Waals surface area contributed by atoms with Gasteiger partial charge in [0.25, 0.3) is 15.7 Å². The molecular weight excluding hydrogens is 386 g/mol. The summed E-state index contributed by atoms with van der Waals surface area (Å²) in [5.41, 5.74) is 0.394. The van der Waals surface area contributed by atoms with E-state index in [2.05, 4.69) is 20.7 Å². The summed E-state index contributed by atoms with van der Waals surface area (Å²) in [5, 5.41) is 19.9. The Balaban J connectivity index is 2.49. The molecule has 0 saturated carbocycles. The molecule has 0 fully saturated rings. The van der Waals surface area contributed by atoms with Crippen molar-refractivity contribution < 1.29 is 13.3 Å². The van der Waals surface area contributed by atoms with Crippen LogP contribution in [0.1, 0.15) is 11.1 Å². The van der Waals surface area contributed by atoms with Gasteiger partial charge in [-0.1, -0.05) is 17.7 Å². The van der Waals surface area contributed by atoms with Crippen LogP contribution in [0.5, 0.6) is 0 Å². The predicted octanol–water partition coefficient (Wildman–Crippen LogP) is 3.34. The molecule has 7 nitrogen and oxygen atoms in total. The maximum atomic E-state index is 12.4. The fraction of sp³-hybridized carbons (Fsp3) is 0.0714. The number of halogens is 1. The van der Waals surface area contributed by atoms with Gasteiger partial charge in [0.05, 0.1) is 21.1 Å². The zero-order valence-electron chi connectivity index (χ0n) is 11.8. The normalized spacial score (nSPS) is 10.8. The third-order valence-electron chi connectivity index (χ3n) is 2.97. The van der Waals surface area contributed by atoms with Gasteiger partial charge in [-0.3, -0.25) is 14.8 Å². The number of hydrogen-bond acceptors (Lipinski definition) is 5. The van der Waals surface area contributed by atoms with Crippen molar-refractivity contribution >= 4 is 37.3 Å². The Hall–Kier alpha value is -2.44. The second-order valence-corrected chi connectivity index (χ2v) is 7.17. The number of hydrogen-bond donors (Lipinski definition) is 1. The lowest BCUT2D eigenvalue weighted by atomic mass is 10.2. The maximum absolute atomic E-state index is 12.4. The van der Waals surface area contributed by atoms with E-state index in [1.165, 1.54) is 12.1 Å². The molecule has 2 aromatic rings. The summed E-state index contributed by atoms with van der Waals surface area (Å²) < 4.78 is 27.2. The zero-order valence-corrected chi connectivity index (χ0v) is 14.2. The first kappa shape index (κ1) is 16.9. The molecule has 23 heavy (non-hydrogen) atoms. The molecule has 1 N–H and O–H groups in total. The summed E-state index contributed by atoms with van der Waals surface area (Å²) >= 11 is 3.06. The molecule has 118 valence electrons. The van der Waals surface area contributed by atoms with Crippen LogP contribution < -0.4 is 4.72 Å². The van der Waals surface area contributed by atoms with E-state index in [9.17, 15) is 18.5 Å². The highest BCUT2D eigenvalue weighted by atomic mass is 79.9. The first-order valence-electron chi connectivity index (χ1n) is 6.22. The predicted molar refractivity (Wildman–Crippen MR) is 87.5 cm³/mol. The van der Waals surface area contributed by atoms with E-state index >= 15 is 0 Å². The molecule has 0 heterocycles. The van der Waals surface area contributed by atoms with Crippen LogP contribution in [-0.4, -0.2) is 13.3 Å². The van der Waals surface area contributed by atoms with E-state index in [0.717, 1.165) is 17.7 Å². The number of nitrogens with one attached hydrogen (secondary N) is 1.